The van der Waals surface area contributed by atoms with E-state index in [1.54, 1.807) is 12.3 Å². The zero-order chi connectivity index (χ0) is 13.1. The van der Waals surface area contributed by atoms with Crippen molar-refractivity contribution in [2.45, 2.75) is 13.0 Å². The molecule has 0 aliphatic carbocycles. The Balaban J connectivity index is 2.15. The number of rotatable bonds is 3. The summed E-state index contributed by atoms with van der Waals surface area (Å²) in [7, 11) is 0. The van der Waals surface area contributed by atoms with Crippen molar-refractivity contribution in [3.05, 3.63) is 52.9 Å². The molecule has 0 aliphatic rings. The number of aromatic nitrogens is 1. The molecule has 3 nitrogen and oxygen atoms in total. The molecule has 1 heterocycles. The van der Waals surface area contributed by atoms with E-state index in [-0.39, 0.29) is 11.1 Å². The predicted octanol–water partition coefficient (Wildman–Crippen LogP) is 3.69. The third-order valence-corrected chi connectivity index (χ3v) is 2.69. The fraction of sp³-hybridized carbons (Fsp3) is 0.154. The Hall–Kier alpha value is -1.65. The summed E-state index contributed by atoms with van der Waals surface area (Å²) >= 11 is 5.65. The minimum atomic E-state index is -0.482. The highest BCUT2D eigenvalue weighted by Crippen LogP contribution is 2.25. The second-order valence-corrected chi connectivity index (χ2v) is 4.30. The summed E-state index contributed by atoms with van der Waals surface area (Å²) in [6.45, 7) is 1.87. The second-order valence-electron chi connectivity index (χ2n) is 3.90. The Morgan fingerprint density at radius 1 is 1.33 bits per heavy atom. The average molecular weight is 267 g/mol. The topological polar surface area (TPSA) is 48.1 Å². The highest BCUT2D eigenvalue weighted by molar-refractivity contribution is 6.30. The van der Waals surface area contributed by atoms with E-state index in [1.165, 1.54) is 18.2 Å². The number of nitrogens with zero attached hydrogens (tertiary/aromatic N) is 1. The number of ether oxygens (including phenoxy) is 1. The van der Waals surface area contributed by atoms with Crippen LogP contribution in [0.25, 0.3) is 0 Å². The van der Waals surface area contributed by atoms with Gasteiger partial charge >= 0.3 is 0 Å². The van der Waals surface area contributed by atoms with Crippen LogP contribution >= 0.6 is 11.6 Å². The molecule has 1 aromatic carbocycles. The lowest BCUT2D eigenvalue weighted by atomic mass is 10.2. The van der Waals surface area contributed by atoms with Crippen LogP contribution in [-0.2, 0) is 0 Å². The van der Waals surface area contributed by atoms with Crippen molar-refractivity contribution in [3.63, 3.8) is 0 Å². The van der Waals surface area contributed by atoms with E-state index in [0.29, 0.717) is 11.6 Å². The van der Waals surface area contributed by atoms with Gasteiger partial charge in [0, 0.05) is 24.4 Å². The summed E-state index contributed by atoms with van der Waals surface area (Å²) in [5.41, 5.74) is 6.63. The Bertz CT molecular complexity index is 543. The molecule has 0 aliphatic heterocycles. The lowest BCUT2D eigenvalue weighted by Crippen LogP contribution is -2.05. The Morgan fingerprint density at radius 2 is 2.11 bits per heavy atom. The van der Waals surface area contributed by atoms with E-state index < -0.39 is 5.82 Å². The maximum atomic E-state index is 13.0. The molecule has 0 bridgehead atoms. The summed E-state index contributed by atoms with van der Waals surface area (Å²) in [6.07, 6.45) is 1.64. The van der Waals surface area contributed by atoms with Crippen LogP contribution in [0.3, 0.4) is 0 Å². The van der Waals surface area contributed by atoms with E-state index in [0.717, 1.165) is 5.56 Å². The molecule has 18 heavy (non-hydrogen) atoms. The second kappa shape index (κ2) is 5.33. The van der Waals surface area contributed by atoms with Gasteiger partial charge in [-0.05, 0) is 24.6 Å². The lowest BCUT2D eigenvalue weighted by molar-refractivity contribution is 0.460. The van der Waals surface area contributed by atoms with Crippen LogP contribution in [0.5, 0.6) is 11.6 Å². The monoisotopic (exact) mass is 266 g/mol. The molecule has 2 rings (SSSR count). The number of benzene rings is 1. The van der Waals surface area contributed by atoms with Gasteiger partial charge in [-0.1, -0.05) is 17.7 Å². The van der Waals surface area contributed by atoms with Gasteiger partial charge in [-0.15, -0.1) is 0 Å². The molecule has 5 heteroatoms. The van der Waals surface area contributed by atoms with Crippen LogP contribution in [0.1, 0.15) is 18.5 Å². The van der Waals surface area contributed by atoms with Crippen molar-refractivity contribution in [2.75, 3.05) is 0 Å². The maximum Gasteiger partial charge on any atom is 0.219 e. The van der Waals surface area contributed by atoms with E-state index in [2.05, 4.69) is 4.98 Å². The quantitative estimate of drug-likeness (QED) is 0.922. The summed E-state index contributed by atoms with van der Waals surface area (Å²) in [4.78, 5) is 4.11. The molecule has 2 N–H and O–H groups in total. The van der Waals surface area contributed by atoms with E-state index >= 15 is 0 Å². The van der Waals surface area contributed by atoms with Crippen molar-refractivity contribution in [1.29, 1.82) is 0 Å². The number of pyridine rings is 1. The fourth-order valence-electron chi connectivity index (χ4n) is 1.38. The first kappa shape index (κ1) is 12.8. The van der Waals surface area contributed by atoms with E-state index in [4.69, 9.17) is 22.1 Å². The largest absolute Gasteiger partial charge is 0.439 e. The van der Waals surface area contributed by atoms with E-state index in [9.17, 15) is 4.39 Å². The molecule has 0 spiro atoms. The highest BCUT2D eigenvalue weighted by Gasteiger charge is 2.05. The molecular weight excluding hydrogens is 255 g/mol. The van der Waals surface area contributed by atoms with Gasteiger partial charge in [0.15, 0.2) is 0 Å². The van der Waals surface area contributed by atoms with Crippen LogP contribution < -0.4 is 10.5 Å². The summed E-state index contributed by atoms with van der Waals surface area (Å²) in [5.74, 6) is 0.355. The first-order chi connectivity index (χ1) is 8.56. The minimum absolute atomic E-state index is 0.0136. The Morgan fingerprint density at radius 3 is 2.67 bits per heavy atom. The zero-order valence-electron chi connectivity index (χ0n) is 9.73. The van der Waals surface area contributed by atoms with Crippen molar-refractivity contribution < 1.29 is 9.13 Å². The van der Waals surface area contributed by atoms with Gasteiger partial charge in [0.25, 0.3) is 0 Å². The van der Waals surface area contributed by atoms with Crippen molar-refractivity contribution in [1.82, 2.24) is 4.98 Å². The van der Waals surface area contributed by atoms with Crippen molar-refractivity contribution in [3.8, 4) is 11.6 Å². The van der Waals surface area contributed by atoms with Crippen LogP contribution in [0, 0.1) is 5.82 Å². The zero-order valence-corrected chi connectivity index (χ0v) is 10.5. The molecule has 1 atom stereocenters. The number of halogens is 2. The summed E-state index contributed by atoms with van der Waals surface area (Å²) in [6, 6.07) is 7.59. The highest BCUT2D eigenvalue weighted by atomic mass is 35.5. The third-order valence-electron chi connectivity index (χ3n) is 2.40. The molecule has 0 fully saturated rings. The van der Waals surface area contributed by atoms with Gasteiger partial charge in [-0.3, -0.25) is 0 Å². The third kappa shape index (κ3) is 2.97. The molecule has 0 amide bonds. The van der Waals surface area contributed by atoms with Crippen molar-refractivity contribution in [2.24, 2.45) is 5.73 Å². The average Bonchev–Trinajstić information content (AvgIpc) is 2.34. The number of hydrogen-bond donors (Lipinski definition) is 1. The SMILES string of the molecule is C[C@@H](N)c1ccc(Oc2ccc(F)c(Cl)c2)nc1. The Labute approximate surface area is 109 Å². The van der Waals surface area contributed by atoms with Gasteiger partial charge in [-0.25, -0.2) is 9.37 Å². The molecule has 0 saturated carbocycles. The normalized spacial score (nSPS) is 12.2. The minimum Gasteiger partial charge on any atom is -0.439 e. The standard InChI is InChI=1S/C13H12ClFN2O/c1-8(16)9-2-5-13(17-7-9)18-10-3-4-12(15)11(14)6-10/h2-8H,16H2,1H3/t8-/m1/s1. The Kier molecular flexibility index (Phi) is 3.79. The van der Waals surface area contributed by atoms with Gasteiger partial charge < -0.3 is 10.5 Å². The first-order valence-corrected chi connectivity index (χ1v) is 5.78. The summed E-state index contributed by atoms with van der Waals surface area (Å²) < 4.78 is 18.4. The van der Waals surface area contributed by atoms with Gasteiger partial charge in [0.2, 0.25) is 5.88 Å². The van der Waals surface area contributed by atoms with Gasteiger partial charge in [0.1, 0.15) is 11.6 Å². The number of nitrogens with two attached hydrogens (primary N) is 1. The molecular formula is C13H12ClFN2O. The van der Waals surface area contributed by atoms with Crippen LogP contribution in [0.15, 0.2) is 36.5 Å². The predicted molar refractivity (Wildman–Crippen MR) is 68.3 cm³/mol. The van der Waals surface area contributed by atoms with Crippen LogP contribution in [0.2, 0.25) is 5.02 Å². The number of hydrogen-bond acceptors (Lipinski definition) is 3. The fourth-order valence-corrected chi connectivity index (χ4v) is 1.55. The maximum absolute atomic E-state index is 13.0. The van der Waals surface area contributed by atoms with Crippen molar-refractivity contribution >= 4 is 11.6 Å². The molecule has 0 saturated heterocycles. The lowest BCUT2D eigenvalue weighted by Gasteiger charge is -2.08. The molecule has 94 valence electrons. The van der Waals surface area contributed by atoms with Gasteiger partial charge in [-0.2, -0.15) is 0 Å². The van der Waals surface area contributed by atoms with E-state index in [1.807, 2.05) is 13.0 Å². The molecule has 0 unspecified atom stereocenters. The van der Waals surface area contributed by atoms with Gasteiger partial charge in [0.05, 0.1) is 5.02 Å². The molecule has 1 aromatic heterocycles. The first-order valence-electron chi connectivity index (χ1n) is 5.40. The van der Waals surface area contributed by atoms with Crippen LogP contribution in [-0.4, -0.2) is 4.98 Å². The summed E-state index contributed by atoms with van der Waals surface area (Å²) in [5, 5.41) is 0.0136. The molecule has 2 aromatic rings. The molecule has 0 radical (unpaired) electrons. The van der Waals surface area contributed by atoms with Crippen LogP contribution in [0.4, 0.5) is 4.39 Å². The smallest absolute Gasteiger partial charge is 0.219 e.